The van der Waals surface area contributed by atoms with Gasteiger partial charge in [-0.25, -0.2) is 0 Å². The van der Waals surface area contributed by atoms with E-state index in [1.807, 2.05) is 0 Å². The van der Waals surface area contributed by atoms with E-state index >= 15 is 0 Å². The van der Waals surface area contributed by atoms with E-state index < -0.39 is 12.5 Å². The van der Waals surface area contributed by atoms with Crippen LogP contribution in [0.25, 0.3) is 0 Å². The van der Waals surface area contributed by atoms with Crippen LogP contribution in [0, 0.1) is 0 Å². The van der Waals surface area contributed by atoms with Gasteiger partial charge >= 0.3 is 0 Å². The number of aliphatic hydroxyl groups is 3. The molecule has 0 saturated carbocycles. The van der Waals surface area contributed by atoms with Gasteiger partial charge in [0.1, 0.15) is 6.23 Å². The fourth-order valence-electron chi connectivity index (χ4n) is 0.510. The van der Waals surface area contributed by atoms with Gasteiger partial charge in [0.25, 0.3) is 0 Å². The smallest absolute Gasteiger partial charge is 0.151 e. The maximum atomic E-state index is 8.48. The summed E-state index contributed by atoms with van der Waals surface area (Å²) in [5.74, 6) is 0. The summed E-state index contributed by atoms with van der Waals surface area (Å²) < 4.78 is 0. The van der Waals surface area contributed by atoms with E-state index in [1.165, 1.54) is 0 Å². The lowest BCUT2D eigenvalue weighted by Crippen LogP contribution is -2.18. The highest BCUT2D eigenvalue weighted by Gasteiger charge is 1.99. The van der Waals surface area contributed by atoms with Crippen LogP contribution >= 0.6 is 0 Å². The molecule has 0 aromatic rings. The zero-order chi connectivity index (χ0) is 7.28. The van der Waals surface area contributed by atoms with Crippen LogP contribution in [0.3, 0.4) is 0 Å². The summed E-state index contributed by atoms with van der Waals surface area (Å²) in [6.07, 6.45) is -0.881. The normalized spacial score (nSPS) is 14.3. The van der Waals surface area contributed by atoms with Crippen molar-refractivity contribution < 1.29 is 15.3 Å². The molecule has 0 aromatic carbocycles. The summed E-state index contributed by atoms with van der Waals surface area (Å²) in [7, 11) is 0. The molecule has 0 heterocycles. The molecule has 0 aliphatic carbocycles. The van der Waals surface area contributed by atoms with Crippen molar-refractivity contribution in [3.05, 3.63) is 0 Å². The molecule has 0 fully saturated rings. The quantitative estimate of drug-likeness (QED) is 0.362. The Hall–Kier alpha value is -0.160. The minimum atomic E-state index is -1.27. The summed E-state index contributed by atoms with van der Waals surface area (Å²) in [6.45, 7) is 0. The van der Waals surface area contributed by atoms with Crippen LogP contribution in [0.15, 0.2) is 0 Å². The van der Waals surface area contributed by atoms with Gasteiger partial charge < -0.3 is 21.1 Å². The minimum Gasteiger partial charge on any atom is -0.379 e. The van der Waals surface area contributed by atoms with Gasteiger partial charge in [0, 0.05) is 0 Å². The van der Waals surface area contributed by atoms with E-state index in [0.29, 0.717) is 12.8 Å². The fourth-order valence-corrected chi connectivity index (χ4v) is 0.510. The molecule has 0 amide bonds. The van der Waals surface area contributed by atoms with Crippen molar-refractivity contribution in [2.75, 3.05) is 0 Å². The van der Waals surface area contributed by atoms with Gasteiger partial charge in [-0.1, -0.05) is 0 Å². The predicted octanol–water partition coefficient (Wildman–Crippen LogP) is -1.26. The molecule has 4 nitrogen and oxygen atoms in total. The Balaban J connectivity index is 2.91. The lowest BCUT2D eigenvalue weighted by Gasteiger charge is -2.04. The highest BCUT2D eigenvalue weighted by atomic mass is 16.5. The number of aliphatic hydroxyl groups excluding tert-OH is 2. The van der Waals surface area contributed by atoms with Crippen molar-refractivity contribution in [1.82, 2.24) is 0 Å². The molecule has 0 aliphatic rings. The third-order valence-corrected chi connectivity index (χ3v) is 0.962. The molecule has 0 spiro atoms. The van der Waals surface area contributed by atoms with Crippen molar-refractivity contribution >= 4 is 0 Å². The first kappa shape index (κ1) is 8.84. The Morgan fingerprint density at radius 1 is 1.11 bits per heavy atom. The molecule has 1 unspecified atom stereocenters. The third kappa shape index (κ3) is 7.84. The summed E-state index contributed by atoms with van der Waals surface area (Å²) in [4.78, 5) is 0. The Labute approximate surface area is 53.9 Å². The maximum absolute atomic E-state index is 8.48. The molecule has 0 bridgehead atoms. The second-order valence-corrected chi connectivity index (χ2v) is 1.98. The highest BCUT2D eigenvalue weighted by molar-refractivity contribution is 4.46. The average molecular weight is 135 g/mol. The van der Waals surface area contributed by atoms with Crippen molar-refractivity contribution in [2.45, 2.75) is 31.8 Å². The molecule has 56 valence electrons. The summed E-state index contributed by atoms with van der Waals surface area (Å²) >= 11 is 0. The molecule has 9 heavy (non-hydrogen) atoms. The first-order valence-electron chi connectivity index (χ1n) is 2.92. The van der Waals surface area contributed by atoms with Crippen molar-refractivity contribution in [1.29, 1.82) is 0 Å². The van der Waals surface area contributed by atoms with Gasteiger partial charge in [0.05, 0.1) is 0 Å². The molecular weight excluding hydrogens is 122 g/mol. The van der Waals surface area contributed by atoms with Crippen molar-refractivity contribution in [3.8, 4) is 0 Å². The highest BCUT2D eigenvalue weighted by Crippen LogP contribution is 1.98. The van der Waals surface area contributed by atoms with Crippen molar-refractivity contribution in [3.63, 3.8) is 0 Å². The summed E-state index contributed by atoms with van der Waals surface area (Å²) in [5, 5.41) is 25.1. The molecular formula is C5H13NO3. The Kier molecular flexibility index (Phi) is 4.61. The zero-order valence-corrected chi connectivity index (χ0v) is 5.20. The van der Waals surface area contributed by atoms with Gasteiger partial charge in [-0.15, -0.1) is 0 Å². The molecule has 0 saturated heterocycles. The van der Waals surface area contributed by atoms with Crippen LogP contribution in [0.1, 0.15) is 19.3 Å². The lowest BCUT2D eigenvalue weighted by molar-refractivity contribution is -0.0479. The second kappa shape index (κ2) is 4.69. The molecule has 0 aliphatic heterocycles. The van der Waals surface area contributed by atoms with E-state index in [4.69, 9.17) is 21.1 Å². The fraction of sp³-hybridized carbons (Fsp3) is 1.00. The SMILES string of the molecule is NC(O)CCCC(O)O. The number of rotatable bonds is 4. The van der Waals surface area contributed by atoms with Gasteiger partial charge in [0.15, 0.2) is 6.29 Å². The van der Waals surface area contributed by atoms with E-state index in [9.17, 15) is 0 Å². The maximum Gasteiger partial charge on any atom is 0.151 e. The first-order valence-corrected chi connectivity index (χ1v) is 2.92. The Bertz CT molecular complexity index is 57.2. The van der Waals surface area contributed by atoms with Crippen LogP contribution < -0.4 is 5.73 Å². The number of nitrogens with two attached hydrogens (primary N) is 1. The van der Waals surface area contributed by atoms with Gasteiger partial charge in [-0.2, -0.15) is 0 Å². The largest absolute Gasteiger partial charge is 0.379 e. The van der Waals surface area contributed by atoms with E-state index in [1.54, 1.807) is 0 Å². The standard InChI is InChI=1S/C5H13NO3/c6-4(7)2-1-3-5(8)9/h4-5,7-9H,1-3,6H2. The summed E-state index contributed by atoms with van der Waals surface area (Å²) in [6, 6.07) is 0. The van der Waals surface area contributed by atoms with Crippen LogP contribution in [-0.2, 0) is 0 Å². The van der Waals surface area contributed by atoms with E-state index in [2.05, 4.69) is 0 Å². The van der Waals surface area contributed by atoms with Crippen LogP contribution in [0.2, 0.25) is 0 Å². The number of hydrogen-bond donors (Lipinski definition) is 4. The number of hydrogen-bond acceptors (Lipinski definition) is 4. The van der Waals surface area contributed by atoms with Crippen LogP contribution in [-0.4, -0.2) is 27.8 Å². The zero-order valence-electron chi connectivity index (χ0n) is 5.20. The lowest BCUT2D eigenvalue weighted by atomic mass is 10.2. The molecule has 5 N–H and O–H groups in total. The molecule has 0 radical (unpaired) electrons. The topological polar surface area (TPSA) is 86.7 Å². The predicted molar refractivity (Wildman–Crippen MR) is 32.3 cm³/mol. The monoisotopic (exact) mass is 135 g/mol. The van der Waals surface area contributed by atoms with E-state index in [-0.39, 0.29) is 6.42 Å². The molecule has 4 heteroatoms. The Morgan fingerprint density at radius 2 is 1.67 bits per heavy atom. The molecule has 0 rings (SSSR count). The second-order valence-electron chi connectivity index (χ2n) is 1.98. The van der Waals surface area contributed by atoms with Crippen LogP contribution in [0.5, 0.6) is 0 Å². The average Bonchev–Trinajstić information content (AvgIpc) is 1.63. The summed E-state index contributed by atoms with van der Waals surface area (Å²) in [5.41, 5.74) is 4.97. The minimum absolute atomic E-state index is 0.272. The van der Waals surface area contributed by atoms with Gasteiger partial charge in [-0.3, -0.25) is 0 Å². The molecule has 0 aromatic heterocycles. The third-order valence-electron chi connectivity index (χ3n) is 0.962. The van der Waals surface area contributed by atoms with Crippen LogP contribution in [0.4, 0.5) is 0 Å². The van der Waals surface area contributed by atoms with E-state index in [0.717, 1.165) is 0 Å². The van der Waals surface area contributed by atoms with Crippen molar-refractivity contribution in [2.24, 2.45) is 5.73 Å². The molecule has 1 atom stereocenters. The first-order chi connectivity index (χ1) is 4.13. The Morgan fingerprint density at radius 3 is 2.00 bits per heavy atom. The van der Waals surface area contributed by atoms with Gasteiger partial charge in [0.2, 0.25) is 0 Å². The van der Waals surface area contributed by atoms with Gasteiger partial charge in [-0.05, 0) is 19.3 Å².